The highest BCUT2D eigenvalue weighted by atomic mass is 32.2. The highest BCUT2D eigenvalue weighted by Crippen LogP contribution is 2.40. The van der Waals surface area contributed by atoms with Crippen LogP contribution in [-0.2, 0) is 14.3 Å². The van der Waals surface area contributed by atoms with Gasteiger partial charge in [0.1, 0.15) is 6.04 Å². The number of rotatable bonds is 7. The Labute approximate surface area is 159 Å². The Kier molecular flexibility index (Phi) is 7.12. The van der Waals surface area contributed by atoms with E-state index >= 15 is 0 Å². The Hall–Kier alpha value is -1.82. The summed E-state index contributed by atoms with van der Waals surface area (Å²) in [5.41, 5.74) is 1.13. The highest BCUT2D eigenvalue weighted by molar-refractivity contribution is 7.99. The molecule has 2 aromatic rings. The van der Waals surface area contributed by atoms with Crippen molar-refractivity contribution in [1.82, 2.24) is 4.90 Å². The molecule has 138 valence electrons. The molecule has 5 heteroatoms. The molecule has 1 heterocycles. The van der Waals surface area contributed by atoms with Gasteiger partial charge in [0, 0.05) is 18.0 Å². The number of benzene rings is 2. The van der Waals surface area contributed by atoms with Gasteiger partial charge in [-0.05, 0) is 24.6 Å². The van der Waals surface area contributed by atoms with Crippen LogP contribution in [0.5, 0.6) is 0 Å². The first-order valence-corrected chi connectivity index (χ1v) is 9.92. The number of nitrogens with zero attached hydrogens (tertiary/aromatic N) is 1. The van der Waals surface area contributed by atoms with Crippen LogP contribution in [0.25, 0.3) is 0 Å². The van der Waals surface area contributed by atoms with E-state index in [-0.39, 0.29) is 17.3 Å². The Bertz CT molecular complexity index is 674. The fourth-order valence-corrected chi connectivity index (χ4v) is 4.46. The van der Waals surface area contributed by atoms with E-state index in [1.807, 2.05) is 43.3 Å². The summed E-state index contributed by atoms with van der Waals surface area (Å²) in [4.78, 5) is 16.3. The zero-order valence-electron chi connectivity index (χ0n) is 15.0. The molecular formula is C21H25NO3S. The van der Waals surface area contributed by atoms with Crippen molar-refractivity contribution in [1.29, 1.82) is 0 Å². The average Bonchev–Trinajstić information content (AvgIpc) is 2.70. The molecule has 0 radical (unpaired) electrons. The van der Waals surface area contributed by atoms with Crippen LogP contribution in [0.15, 0.2) is 65.6 Å². The smallest absolute Gasteiger partial charge is 0.324 e. The maximum atomic E-state index is 12.9. The molecule has 0 amide bonds. The lowest BCUT2D eigenvalue weighted by molar-refractivity contribution is -0.151. The van der Waals surface area contributed by atoms with Crippen LogP contribution in [0.1, 0.15) is 17.7 Å². The van der Waals surface area contributed by atoms with Crippen molar-refractivity contribution in [2.75, 3.05) is 32.9 Å². The molecule has 4 nitrogen and oxygen atoms in total. The van der Waals surface area contributed by atoms with Crippen LogP contribution >= 0.6 is 11.8 Å². The van der Waals surface area contributed by atoms with Gasteiger partial charge in [-0.25, -0.2) is 0 Å². The molecule has 1 saturated heterocycles. The summed E-state index contributed by atoms with van der Waals surface area (Å²) in [6.07, 6.45) is 0. The van der Waals surface area contributed by atoms with Crippen molar-refractivity contribution in [3.63, 3.8) is 0 Å². The topological polar surface area (TPSA) is 38.8 Å². The Morgan fingerprint density at radius 3 is 2.31 bits per heavy atom. The van der Waals surface area contributed by atoms with Gasteiger partial charge in [-0.3, -0.25) is 9.69 Å². The van der Waals surface area contributed by atoms with Crippen molar-refractivity contribution >= 4 is 17.7 Å². The normalized spacial score (nSPS) is 17.4. The maximum Gasteiger partial charge on any atom is 0.324 e. The number of esters is 1. The van der Waals surface area contributed by atoms with Crippen molar-refractivity contribution in [2.45, 2.75) is 23.1 Å². The van der Waals surface area contributed by atoms with E-state index in [2.05, 4.69) is 29.2 Å². The summed E-state index contributed by atoms with van der Waals surface area (Å²) in [6, 6.07) is 20.1. The van der Waals surface area contributed by atoms with Crippen LogP contribution in [0.4, 0.5) is 0 Å². The average molecular weight is 372 g/mol. The van der Waals surface area contributed by atoms with Gasteiger partial charge in [-0.15, -0.1) is 11.8 Å². The summed E-state index contributed by atoms with van der Waals surface area (Å²) in [5.74, 6) is -0.160. The number of hydrogen-bond acceptors (Lipinski definition) is 5. The zero-order valence-corrected chi connectivity index (χ0v) is 15.9. The predicted octanol–water partition coefficient (Wildman–Crippen LogP) is 3.78. The Morgan fingerprint density at radius 2 is 1.69 bits per heavy atom. The van der Waals surface area contributed by atoms with Crippen molar-refractivity contribution in [2.24, 2.45) is 0 Å². The molecule has 0 unspecified atom stereocenters. The SMILES string of the molecule is CCOC(=O)[C@H]([C@@H](Sc1ccccc1)c1ccccc1)N1CCOCC1. The molecule has 1 aliphatic heterocycles. The quantitative estimate of drug-likeness (QED) is 0.547. The van der Waals surface area contributed by atoms with E-state index in [4.69, 9.17) is 9.47 Å². The maximum absolute atomic E-state index is 12.9. The van der Waals surface area contributed by atoms with E-state index in [0.29, 0.717) is 19.8 Å². The predicted molar refractivity (Wildman–Crippen MR) is 104 cm³/mol. The van der Waals surface area contributed by atoms with Gasteiger partial charge in [-0.2, -0.15) is 0 Å². The van der Waals surface area contributed by atoms with Crippen LogP contribution in [0.3, 0.4) is 0 Å². The number of carbonyl (C=O) groups is 1. The standard InChI is InChI=1S/C21H25NO3S/c1-2-25-21(23)19(22-13-15-24-16-14-22)20(17-9-5-3-6-10-17)26-18-11-7-4-8-12-18/h3-12,19-20H,2,13-16H2,1H3/t19-,20-/m0/s1. The lowest BCUT2D eigenvalue weighted by atomic mass is 10.0. The van der Waals surface area contributed by atoms with Crippen molar-refractivity contribution < 1.29 is 14.3 Å². The molecule has 2 atom stereocenters. The van der Waals surface area contributed by atoms with Crippen molar-refractivity contribution in [3.05, 3.63) is 66.2 Å². The second-order valence-electron chi connectivity index (χ2n) is 6.11. The molecular weight excluding hydrogens is 346 g/mol. The number of carbonyl (C=O) groups excluding carboxylic acids is 1. The lowest BCUT2D eigenvalue weighted by Gasteiger charge is -2.37. The fourth-order valence-electron chi connectivity index (χ4n) is 3.15. The van der Waals surface area contributed by atoms with Gasteiger partial charge in [0.05, 0.1) is 25.1 Å². The fraction of sp³-hybridized carbons (Fsp3) is 0.381. The summed E-state index contributed by atoms with van der Waals surface area (Å²) >= 11 is 1.71. The molecule has 1 aliphatic rings. The molecule has 0 spiro atoms. The third-order valence-corrected chi connectivity index (χ3v) is 5.72. The van der Waals surface area contributed by atoms with Crippen LogP contribution in [0.2, 0.25) is 0 Å². The van der Waals surface area contributed by atoms with E-state index in [1.54, 1.807) is 11.8 Å². The van der Waals surface area contributed by atoms with Gasteiger partial charge in [0.2, 0.25) is 0 Å². The zero-order chi connectivity index (χ0) is 18.2. The molecule has 0 saturated carbocycles. The van der Waals surface area contributed by atoms with Gasteiger partial charge >= 0.3 is 5.97 Å². The Morgan fingerprint density at radius 1 is 1.08 bits per heavy atom. The van der Waals surface area contributed by atoms with Gasteiger partial charge in [-0.1, -0.05) is 48.5 Å². The number of hydrogen-bond donors (Lipinski definition) is 0. The molecule has 0 N–H and O–H groups in total. The van der Waals surface area contributed by atoms with E-state index < -0.39 is 0 Å². The highest BCUT2D eigenvalue weighted by Gasteiger charge is 2.37. The molecule has 3 rings (SSSR count). The monoisotopic (exact) mass is 371 g/mol. The Balaban J connectivity index is 1.95. The molecule has 0 bridgehead atoms. The second-order valence-corrected chi connectivity index (χ2v) is 7.32. The lowest BCUT2D eigenvalue weighted by Crippen LogP contribution is -2.50. The van der Waals surface area contributed by atoms with Crippen molar-refractivity contribution in [3.8, 4) is 0 Å². The second kappa shape index (κ2) is 9.76. The largest absolute Gasteiger partial charge is 0.465 e. The van der Waals surface area contributed by atoms with Crippen LogP contribution in [0, 0.1) is 0 Å². The molecule has 0 aliphatic carbocycles. The molecule has 1 fully saturated rings. The van der Waals surface area contributed by atoms with E-state index in [9.17, 15) is 4.79 Å². The molecule has 26 heavy (non-hydrogen) atoms. The van der Waals surface area contributed by atoms with Gasteiger partial charge in [0.25, 0.3) is 0 Å². The van der Waals surface area contributed by atoms with Crippen LogP contribution in [-0.4, -0.2) is 49.8 Å². The van der Waals surface area contributed by atoms with Gasteiger partial charge < -0.3 is 9.47 Å². The number of ether oxygens (including phenoxy) is 2. The number of thioether (sulfide) groups is 1. The molecule has 0 aromatic heterocycles. The first-order chi connectivity index (χ1) is 12.8. The first-order valence-electron chi connectivity index (χ1n) is 9.04. The summed E-state index contributed by atoms with van der Waals surface area (Å²) in [7, 11) is 0. The van der Waals surface area contributed by atoms with E-state index in [1.165, 1.54) is 0 Å². The first kappa shape index (κ1) is 19.0. The van der Waals surface area contributed by atoms with Crippen LogP contribution < -0.4 is 0 Å². The molecule has 2 aromatic carbocycles. The number of morpholine rings is 1. The third-order valence-electron chi connectivity index (χ3n) is 4.39. The summed E-state index contributed by atoms with van der Waals surface area (Å²) in [6.45, 7) is 5.01. The summed E-state index contributed by atoms with van der Waals surface area (Å²) < 4.78 is 11.0. The minimum Gasteiger partial charge on any atom is -0.465 e. The van der Waals surface area contributed by atoms with E-state index in [0.717, 1.165) is 23.5 Å². The minimum absolute atomic E-state index is 0.0456. The summed E-state index contributed by atoms with van der Waals surface area (Å²) in [5, 5.41) is -0.0456. The third kappa shape index (κ3) is 4.87. The van der Waals surface area contributed by atoms with Gasteiger partial charge in [0.15, 0.2) is 0 Å². The minimum atomic E-state index is -0.341.